The zero-order chi connectivity index (χ0) is 21.3. The Bertz CT molecular complexity index is 523. The number of hydrogen-bond donors (Lipinski definition) is 1. The Balaban J connectivity index is 0.00000784. The Morgan fingerprint density at radius 3 is 2.36 bits per heavy atom. The molecular formula is C22H43N3O3. The Labute approximate surface area is 172 Å². The van der Waals surface area contributed by atoms with E-state index in [1.54, 1.807) is 16.8 Å². The van der Waals surface area contributed by atoms with Crippen LogP contribution in [0.5, 0.6) is 0 Å². The molecule has 0 radical (unpaired) electrons. The first kappa shape index (κ1) is 24.4. The normalized spacial score (nSPS) is 17.9. The summed E-state index contributed by atoms with van der Waals surface area (Å²) in [5.41, 5.74) is 0. The van der Waals surface area contributed by atoms with Crippen molar-refractivity contribution < 1.29 is 15.8 Å². The van der Waals surface area contributed by atoms with Crippen molar-refractivity contribution in [2.24, 2.45) is 11.8 Å². The third-order valence-corrected chi connectivity index (χ3v) is 5.83. The van der Waals surface area contributed by atoms with Crippen LogP contribution in [0.15, 0.2) is 0 Å². The van der Waals surface area contributed by atoms with E-state index in [-0.39, 0.29) is 25.1 Å². The van der Waals surface area contributed by atoms with Gasteiger partial charge in [0.15, 0.2) is 5.78 Å². The van der Waals surface area contributed by atoms with Crippen molar-refractivity contribution in [3.05, 3.63) is 0 Å². The van der Waals surface area contributed by atoms with Gasteiger partial charge in [0.25, 0.3) is 0 Å². The summed E-state index contributed by atoms with van der Waals surface area (Å²) in [7, 11) is 1.74. The number of carbonyl (C=O) groups is 3. The van der Waals surface area contributed by atoms with Gasteiger partial charge in [0.05, 0.1) is 6.04 Å². The highest BCUT2D eigenvalue weighted by atomic mass is 16.2. The lowest BCUT2D eigenvalue weighted by Crippen LogP contribution is -2.54. The highest BCUT2D eigenvalue weighted by molar-refractivity contribution is 5.93. The highest BCUT2D eigenvalue weighted by Gasteiger charge is 2.39. The number of unbranched alkanes of at least 4 members (excludes halogenated alkanes) is 1. The maximum Gasteiger partial charge on any atom is 0.318 e. The van der Waals surface area contributed by atoms with Crippen molar-refractivity contribution in [1.82, 2.24) is 15.1 Å². The summed E-state index contributed by atoms with van der Waals surface area (Å²) in [5.74, 6) is 0.353. The average Bonchev–Trinajstić information content (AvgIpc) is 3.15. The minimum absolute atomic E-state index is 0. The second-order valence-electron chi connectivity index (χ2n) is 8.45. The van der Waals surface area contributed by atoms with Crippen molar-refractivity contribution in [2.75, 3.05) is 20.1 Å². The second kappa shape index (κ2) is 12.1. The Morgan fingerprint density at radius 1 is 1.18 bits per heavy atom. The van der Waals surface area contributed by atoms with E-state index in [1.807, 2.05) is 13.8 Å². The summed E-state index contributed by atoms with van der Waals surface area (Å²) < 4.78 is 0. The SMILES string of the molecule is CCCCNC(=O)N1CCC[C@H]1C(=O)N(C)[C@H](CC(C)C)C(=O)C(CC)CC.[HH]. The topological polar surface area (TPSA) is 69.7 Å². The van der Waals surface area contributed by atoms with Crippen LogP contribution in [0.25, 0.3) is 0 Å². The molecule has 0 aromatic carbocycles. The number of likely N-dealkylation sites (tertiary alicyclic amines) is 1. The van der Waals surface area contributed by atoms with Crippen molar-refractivity contribution in [2.45, 2.75) is 91.6 Å². The molecule has 1 aliphatic rings. The van der Waals surface area contributed by atoms with E-state index in [9.17, 15) is 14.4 Å². The van der Waals surface area contributed by atoms with E-state index >= 15 is 0 Å². The van der Waals surface area contributed by atoms with Crippen molar-refractivity contribution in [3.63, 3.8) is 0 Å². The van der Waals surface area contributed by atoms with Gasteiger partial charge in [-0.15, -0.1) is 0 Å². The Morgan fingerprint density at radius 2 is 1.82 bits per heavy atom. The van der Waals surface area contributed by atoms with Crippen LogP contribution >= 0.6 is 0 Å². The first-order chi connectivity index (χ1) is 13.3. The van der Waals surface area contributed by atoms with Gasteiger partial charge in [0.2, 0.25) is 5.91 Å². The van der Waals surface area contributed by atoms with Gasteiger partial charge in [-0.3, -0.25) is 9.59 Å². The van der Waals surface area contributed by atoms with E-state index in [1.165, 1.54) is 0 Å². The van der Waals surface area contributed by atoms with Crippen LogP contribution in [0.3, 0.4) is 0 Å². The number of nitrogens with zero attached hydrogens (tertiary/aromatic N) is 2. The molecule has 6 heteroatoms. The molecule has 0 aromatic heterocycles. The van der Waals surface area contributed by atoms with Crippen molar-refractivity contribution >= 4 is 17.7 Å². The van der Waals surface area contributed by atoms with Gasteiger partial charge < -0.3 is 15.1 Å². The van der Waals surface area contributed by atoms with Gasteiger partial charge in [0.1, 0.15) is 6.04 Å². The molecule has 1 saturated heterocycles. The van der Waals surface area contributed by atoms with Gasteiger partial charge in [-0.1, -0.05) is 41.0 Å². The molecule has 6 nitrogen and oxygen atoms in total. The fourth-order valence-electron chi connectivity index (χ4n) is 4.00. The third-order valence-electron chi connectivity index (χ3n) is 5.83. The van der Waals surface area contributed by atoms with Crippen LogP contribution in [0.4, 0.5) is 4.79 Å². The number of rotatable bonds is 11. The van der Waals surface area contributed by atoms with Crippen LogP contribution in [0, 0.1) is 11.8 Å². The van der Waals surface area contributed by atoms with E-state index in [0.717, 1.165) is 32.1 Å². The smallest absolute Gasteiger partial charge is 0.318 e. The summed E-state index contributed by atoms with van der Waals surface area (Å²) in [6, 6.07) is -1.04. The molecule has 0 bridgehead atoms. The molecular weight excluding hydrogens is 354 g/mol. The fourth-order valence-corrected chi connectivity index (χ4v) is 4.00. The molecule has 0 spiro atoms. The number of Topliss-reactive ketones (excluding diaryl/α,β-unsaturated/α-hetero) is 1. The van der Waals surface area contributed by atoms with E-state index < -0.39 is 12.1 Å². The number of amides is 3. The van der Waals surface area contributed by atoms with Crippen LogP contribution in [-0.4, -0.2) is 59.7 Å². The fraction of sp³-hybridized carbons (Fsp3) is 0.864. The summed E-state index contributed by atoms with van der Waals surface area (Å²) in [6.45, 7) is 11.5. The standard InChI is InChI=1S/C22H41N3O3.H2/c1-7-10-13-23-22(28)25-14-11-12-18(25)21(27)24(6)19(15-16(4)5)20(26)17(8-2)9-3;/h16-19H,7-15H2,1-6H3,(H,23,28);1H/t18-,19+;/m0./s1. The number of likely N-dealkylation sites (N-methyl/N-ethyl adjacent to an activating group) is 1. The zero-order valence-electron chi connectivity index (χ0n) is 18.8. The molecule has 2 atom stereocenters. The Hall–Kier alpha value is -1.59. The number of nitrogens with one attached hydrogen (secondary N) is 1. The van der Waals surface area contributed by atoms with Crippen LogP contribution in [0.1, 0.15) is 81.0 Å². The highest BCUT2D eigenvalue weighted by Crippen LogP contribution is 2.24. The number of urea groups is 1. The molecule has 0 aromatic rings. The molecule has 3 amide bonds. The Kier molecular flexibility index (Phi) is 10.5. The van der Waals surface area contributed by atoms with Gasteiger partial charge in [-0.25, -0.2) is 4.79 Å². The summed E-state index contributed by atoms with van der Waals surface area (Å²) in [5, 5.41) is 2.92. The lowest BCUT2D eigenvalue weighted by atomic mass is 9.88. The summed E-state index contributed by atoms with van der Waals surface area (Å²) in [4.78, 5) is 42.2. The molecule has 1 fully saturated rings. The number of hydrogen-bond acceptors (Lipinski definition) is 3. The minimum atomic E-state index is -0.462. The lowest BCUT2D eigenvalue weighted by Gasteiger charge is -2.34. The van der Waals surface area contributed by atoms with Crippen LogP contribution < -0.4 is 5.32 Å². The monoisotopic (exact) mass is 397 g/mol. The van der Waals surface area contributed by atoms with Gasteiger partial charge in [-0.05, 0) is 44.4 Å². The maximum atomic E-state index is 13.3. The molecule has 0 aliphatic carbocycles. The summed E-state index contributed by atoms with van der Waals surface area (Å²) in [6.07, 6.45) is 5.67. The molecule has 1 rings (SSSR count). The second-order valence-corrected chi connectivity index (χ2v) is 8.45. The van der Waals surface area contributed by atoms with Gasteiger partial charge in [0, 0.05) is 27.5 Å². The van der Waals surface area contributed by atoms with Gasteiger partial charge in [-0.2, -0.15) is 0 Å². The molecule has 0 unspecified atom stereocenters. The minimum Gasteiger partial charge on any atom is -0.338 e. The molecule has 1 heterocycles. The maximum absolute atomic E-state index is 13.3. The van der Waals surface area contributed by atoms with E-state index in [2.05, 4.69) is 26.1 Å². The van der Waals surface area contributed by atoms with Crippen LogP contribution in [-0.2, 0) is 9.59 Å². The summed E-state index contributed by atoms with van der Waals surface area (Å²) >= 11 is 0. The lowest BCUT2D eigenvalue weighted by molar-refractivity contribution is -0.143. The molecule has 28 heavy (non-hydrogen) atoms. The first-order valence-corrected chi connectivity index (χ1v) is 11.1. The van der Waals surface area contributed by atoms with Crippen molar-refractivity contribution in [3.8, 4) is 0 Å². The molecule has 0 saturated carbocycles. The number of carbonyl (C=O) groups excluding carboxylic acids is 3. The number of ketones is 1. The predicted molar refractivity (Wildman–Crippen MR) is 115 cm³/mol. The molecule has 164 valence electrons. The average molecular weight is 398 g/mol. The van der Waals surface area contributed by atoms with E-state index in [4.69, 9.17) is 0 Å². The van der Waals surface area contributed by atoms with Crippen LogP contribution in [0.2, 0.25) is 0 Å². The first-order valence-electron chi connectivity index (χ1n) is 11.1. The predicted octanol–water partition coefficient (Wildman–Crippen LogP) is 4.08. The zero-order valence-corrected chi connectivity index (χ0v) is 18.8. The van der Waals surface area contributed by atoms with E-state index in [0.29, 0.717) is 31.8 Å². The quantitative estimate of drug-likeness (QED) is 0.534. The van der Waals surface area contributed by atoms with Crippen molar-refractivity contribution in [1.29, 1.82) is 0 Å². The molecule has 1 N–H and O–H groups in total. The largest absolute Gasteiger partial charge is 0.338 e. The third kappa shape index (κ3) is 6.49. The molecule has 1 aliphatic heterocycles. The van der Waals surface area contributed by atoms with Gasteiger partial charge >= 0.3 is 6.03 Å².